The topological polar surface area (TPSA) is 94.6 Å². The van der Waals surface area contributed by atoms with E-state index in [-0.39, 0.29) is 13.0 Å². The second kappa shape index (κ2) is 9.45. The summed E-state index contributed by atoms with van der Waals surface area (Å²) in [5, 5.41) is 3.63. The molecule has 0 atom stereocenters. The Morgan fingerprint density at radius 3 is 2.48 bits per heavy atom. The zero-order chi connectivity index (χ0) is 20.6. The molecule has 1 amide bonds. The molecule has 7 heteroatoms. The van der Waals surface area contributed by atoms with E-state index in [0.717, 1.165) is 16.6 Å². The predicted octanol–water partition coefficient (Wildman–Crippen LogP) is 3.14. The number of carbonyl (C=O) groups is 3. The average molecular weight is 392 g/mol. The summed E-state index contributed by atoms with van der Waals surface area (Å²) in [7, 11) is 1.29. The van der Waals surface area contributed by atoms with Crippen LogP contribution in [0.25, 0.3) is 10.9 Å². The molecule has 0 aliphatic carbocycles. The van der Waals surface area contributed by atoms with Gasteiger partial charge in [-0.25, -0.2) is 4.79 Å². The molecule has 0 unspecified atom stereocenters. The van der Waals surface area contributed by atoms with Crippen LogP contribution in [0.4, 0.5) is 5.69 Å². The summed E-state index contributed by atoms with van der Waals surface area (Å²) in [6.45, 7) is -0.386. The molecule has 0 fully saturated rings. The molecular formula is C22H20N2O5. The molecular weight excluding hydrogens is 372 g/mol. The number of amides is 1. The van der Waals surface area contributed by atoms with Crippen molar-refractivity contribution in [2.24, 2.45) is 0 Å². The summed E-state index contributed by atoms with van der Waals surface area (Å²) >= 11 is 0. The first kappa shape index (κ1) is 20.0. The maximum Gasteiger partial charge on any atom is 0.337 e. The molecule has 7 nitrogen and oxygen atoms in total. The first-order valence-corrected chi connectivity index (χ1v) is 9.03. The van der Waals surface area contributed by atoms with E-state index in [1.165, 1.54) is 19.2 Å². The first-order valence-electron chi connectivity index (χ1n) is 9.03. The largest absolute Gasteiger partial charge is 0.465 e. The van der Waals surface area contributed by atoms with Gasteiger partial charge in [-0.15, -0.1) is 0 Å². The van der Waals surface area contributed by atoms with Crippen LogP contribution >= 0.6 is 0 Å². The van der Waals surface area contributed by atoms with Crippen molar-refractivity contribution in [1.82, 2.24) is 4.98 Å². The van der Waals surface area contributed by atoms with Crippen molar-refractivity contribution in [3.05, 3.63) is 71.9 Å². The highest BCUT2D eigenvalue weighted by molar-refractivity contribution is 5.94. The number of anilines is 1. The fraction of sp³-hybridized carbons (Fsp3) is 0.182. The minimum Gasteiger partial charge on any atom is -0.465 e. The van der Waals surface area contributed by atoms with E-state index in [4.69, 9.17) is 4.74 Å². The summed E-state index contributed by atoms with van der Waals surface area (Å²) in [5.41, 5.74) is 2.52. The van der Waals surface area contributed by atoms with Gasteiger partial charge in [-0.1, -0.05) is 24.3 Å². The van der Waals surface area contributed by atoms with Gasteiger partial charge in [-0.05, 0) is 36.4 Å². The number of hydrogen-bond acceptors (Lipinski definition) is 6. The summed E-state index contributed by atoms with van der Waals surface area (Å²) in [5.74, 6) is -1.40. The van der Waals surface area contributed by atoms with Crippen molar-refractivity contribution >= 4 is 34.4 Å². The number of methoxy groups -OCH3 is 1. The summed E-state index contributed by atoms with van der Waals surface area (Å²) in [4.78, 5) is 39.7. The Morgan fingerprint density at radius 1 is 0.966 bits per heavy atom. The van der Waals surface area contributed by atoms with Crippen LogP contribution in [-0.2, 0) is 25.5 Å². The lowest BCUT2D eigenvalue weighted by Gasteiger charge is -2.07. The van der Waals surface area contributed by atoms with Crippen LogP contribution in [0.15, 0.2) is 60.7 Å². The van der Waals surface area contributed by atoms with Crippen LogP contribution in [0.2, 0.25) is 0 Å². The third kappa shape index (κ3) is 5.62. The summed E-state index contributed by atoms with van der Waals surface area (Å²) < 4.78 is 9.62. The SMILES string of the molecule is COC(=O)c1ccc(NC(=O)COC(=O)CCc2ccc3ccccc3n2)cc1. The zero-order valence-electron chi connectivity index (χ0n) is 15.9. The van der Waals surface area contributed by atoms with Crippen molar-refractivity contribution in [3.63, 3.8) is 0 Å². The molecule has 148 valence electrons. The summed E-state index contributed by atoms with van der Waals surface area (Å²) in [6.07, 6.45) is 0.562. The lowest BCUT2D eigenvalue weighted by Crippen LogP contribution is -2.21. The molecule has 0 bridgehead atoms. The van der Waals surface area contributed by atoms with E-state index in [9.17, 15) is 14.4 Å². The van der Waals surface area contributed by atoms with Crippen LogP contribution in [-0.4, -0.2) is 36.5 Å². The average Bonchev–Trinajstić information content (AvgIpc) is 2.76. The van der Waals surface area contributed by atoms with Crippen LogP contribution in [0, 0.1) is 0 Å². The van der Waals surface area contributed by atoms with E-state index < -0.39 is 17.8 Å². The van der Waals surface area contributed by atoms with E-state index >= 15 is 0 Å². The third-order valence-electron chi connectivity index (χ3n) is 4.20. The number of rotatable bonds is 7. The highest BCUT2D eigenvalue weighted by Gasteiger charge is 2.10. The van der Waals surface area contributed by atoms with Gasteiger partial charge in [0, 0.05) is 23.2 Å². The van der Waals surface area contributed by atoms with Crippen molar-refractivity contribution in [1.29, 1.82) is 0 Å². The number of pyridine rings is 1. The number of nitrogens with zero attached hydrogens (tertiary/aromatic N) is 1. The van der Waals surface area contributed by atoms with E-state index in [0.29, 0.717) is 17.7 Å². The van der Waals surface area contributed by atoms with Crippen LogP contribution in [0.1, 0.15) is 22.5 Å². The van der Waals surface area contributed by atoms with Gasteiger partial charge >= 0.3 is 11.9 Å². The maximum atomic E-state index is 11.9. The van der Waals surface area contributed by atoms with Gasteiger partial charge in [0.05, 0.1) is 24.6 Å². The lowest BCUT2D eigenvalue weighted by molar-refractivity contribution is -0.147. The van der Waals surface area contributed by atoms with E-state index in [2.05, 4.69) is 15.0 Å². The number of aryl methyl sites for hydroxylation is 1. The van der Waals surface area contributed by atoms with Crippen LogP contribution in [0.3, 0.4) is 0 Å². The molecule has 0 radical (unpaired) electrons. The first-order chi connectivity index (χ1) is 14.0. The van der Waals surface area contributed by atoms with Gasteiger partial charge in [0.15, 0.2) is 6.61 Å². The molecule has 0 aliphatic heterocycles. The molecule has 2 aromatic carbocycles. The normalized spacial score (nSPS) is 10.4. The Bertz CT molecular complexity index is 1030. The molecule has 0 saturated carbocycles. The van der Waals surface area contributed by atoms with Crippen molar-refractivity contribution in [2.45, 2.75) is 12.8 Å². The minimum absolute atomic E-state index is 0.131. The fourth-order valence-electron chi connectivity index (χ4n) is 2.70. The number of ether oxygens (including phenoxy) is 2. The number of fused-ring (bicyclic) bond motifs is 1. The van der Waals surface area contributed by atoms with Gasteiger partial charge < -0.3 is 14.8 Å². The highest BCUT2D eigenvalue weighted by atomic mass is 16.5. The molecule has 0 aliphatic rings. The van der Waals surface area contributed by atoms with Gasteiger partial charge in [-0.2, -0.15) is 0 Å². The van der Waals surface area contributed by atoms with Crippen molar-refractivity contribution in [2.75, 3.05) is 19.0 Å². The standard InChI is InChI=1S/C22H20N2O5/c1-28-22(27)16-7-10-18(11-8-16)24-20(25)14-29-21(26)13-12-17-9-6-15-4-2-3-5-19(15)23-17/h2-11H,12-14H2,1H3,(H,24,25). The molecule has 0 saturated heterocycles. The number of aromatic nitrogens is 1. The molecule has 1 heterocycles. The number of carbonyl (C=O) groups excluding carboxylic acids is 3. The molecule has 3 aromatic rings. The predicted molar refractivity (Wildman–Crippen MR) is 107 cm³/mol. The Morgan fingerprint density at radius 2 is 1.72 bits per heavy atom. The second-order valence-corrected chi connectivity index (χ2v) is 6.27. The number of nitrogens with one attached hydrogen (secondary N) is 1. The van der Waals surface area contributed by atoms with Crippen LogP contribution in [0.5, 0.6) is 0 Å². The Balaban J connectivity index is 1.43. The Labute approximate surface area is 167 Å². The Hall–Kier alpha value is -3.74. The van der Waals surface area contributed by atoms with E-state index in [1.54, 1.807) is 12.1 Å². The molecule has 1 aromatic heterocycles. The maximum absolute atomic E-state index is 11.9. The van der Waals surface area contributed by atoms with Gasteiger partial charge in [0.1, 0.15) is 0 Å². The highest BCUT2D eigenvalue weighted by Crippen LogP contribution is 2.13. The van der Waals surface area contributed by atoms with Crippen molar-refractivity contribution < 1.29 is 23.9 Å². The second-order valence-electron chi connectivity index (χ2n) is 6.27. The fourth-order valence-corrected chi connectivity index (χ4v) is 2.70. The number of hydrogen-bond donors (Lipinski definition) is 1. The molecule has 29 heavy (non-hydrogen) atoms. The van der Waals surface area contributed by atoms with Crippen LogP contribution < -0.4 is 5.32 Å². The molecule has 3 rings (SSSR count). The quantitative estimate of drug-likeness (QED) is 0.621. The molecule has 1 N–H and O–H groups in total. The van der Waals surface area contributed by atoms with Gasteiger partial charge in [0.2, 0.25) is 0 Å². The zero-order valence-corrected chi connectivity index (χ0v) is 15.9. The minimum atomic E-state index is -0.476. The monoisotopic (exact) mass is 392 g/mol. The van der Waals surface area contributed by atoms with Gasteiger partial charge in [-0.3, -0.25) is 14.6 Å². The number of benzene rings is 2. The van der Waals surface area contributed by atoms with E-state index in [1.807, 2.05) is 36.4 Å². The molecule has 0 spiro atoms. The lowest BCUT2D eigenvalue weighted by atomic mass is 10.1. The number of para-hydroxylation sites is 1. The Kier molecular flexibility index (Phi) is 6.52. The summed E-state index contributed by atoms with van der Waals surface area (Å²) in [6, 6.07) is 17.8. The third-order valence-corrected chi connectivity index (χ3v) is 4.20. The number of esters is 2. The van der Waals surface area contributed by atoms with Crippen molar-refractivity contribution in [3.8, 4) is 0 Å². The van der Waals surface area contributed by atoms with Gasteiger partial charge in [0.25, 0.3) is 5.91 Å². The smallest absolute Gasteiger partial charge is 0.337 e.